The van der Waals surface area contributed by atoms with Gasteiger partial charge in [-0.25, -0.2) is 4.79 Å². The third-order valence-electron chi connectivity index (χ3n) is 4.08. The first-order valence-electron chi connectivity index (χ1n) is 6.98. The second-order valence-corrected chi connectivity index (χ2v) is 5.87. The van der Waals surface area contributed by atoms with Crippen LogP contribution in [0.15, 0.2) is 0 Å². The summed E-state index contributed by atoms with van der Waals surface area (Å²) in [6.45, 7) is 1.96. The minimum Gasteiger partial charge on any atom is -0.477 e. The number of rotatable bonds is 6. The molecule has 0 bridgehead atoms. The Hall–Kier alpha value is -1.47. The number of Topliss-reactive ketones (excluding diaryl/α,β-unsaturated/α-hetero) is 2. The van der Waals surface area contributed by atoms with Gasteiger partial charge in [0.15, 0.2) is 17.7 Å². The zero-order valence-corrected chi connectivity index (χ0v) is 13.0. The highest BCUT2D eigenvalue weighted by atomic mass is 16.7. The highest BCUT2D eigenvalue weighted by Crippen LogP contribution is 2.35. The molecule has 1 rings (SSSR count). The summed E-state index contributed by atoms with van der Waals surface area (Å²) < 4.78 is 4.74. The predicted octanol–water partition coefficient (Wildman–Crippen LogP) is -4.13. The molecule has 0 radical (unpaired) electrons. The van der Waals surface area contributed by atoms with Gasteiger partial charge in [0.2, 0.25) is 0 Å². The van der Waals surface area contributed by atoms with Crippen molar-refractivity contribution in [3.8, 4) is 0 Å². The standard InChI is InChI=1S/C13H21NO10/c1-4(15)7(18)8(19)9(20)10-13(14,5(2)16)6(17)3-12(23,24-10)11(21)22/h4,6-8,10,15,17-19,23H,3,14H2,1-2H3,(H,21,22)/t4?,6-,7?,8+,10-,12-,13+/m0/s1. The molecule has 0 spiro atoms. The van der Waals surface area contributed by atoms with E-state index in [0.717, 1.165) is 13.8 Å². The zero-order valence-electron chi connectivity index (χ0n) is 13.0. The van der Waals surface area contributed by atoms with E-state index in [1.807, 2.05) is 0 Å². The molecule has 11 heteroatoms. The van der Waals surface area contributed by atoms with Crippen molar-refractivity contribution in [3.05, 3.63) is 0 Å². The third kappa shape index (κ3) is 3.32. The van der Waals surface area contributed by atoms with Crippen molar-refractivity contribution in [1.82, 2.24) is 0 Å². The van der Waals surface area contributed by atoms with Gasteiger partial charge in [-0.05, 0) is 13.8 Å². The first kappa shape index (κ1) is 20.6. The third-order valence-corrected chi connectivity index (χ3v) is 4.08. The number of hydrogen-bond acceptors (Lipinski definition) is 10. The first-order chi connectivity index (χ1) is 10.8. The Balaban J connectivity index is 3.32. The average molecular weight is 351 g/mol. The molecular weight excluding hydrogens is 330 g/mol. The fourth-order valence-electron chi connectivity index (χ4n) is 2.38. The largest absolute Gasteiger partial charge is 0.477 e. The number of carbonyl (C=O) groups excluding carboxylic acids is 2. The molecule has 11 nitrogen and oxygen atoms in total. The molecule has 0 aromatic carbocycles. The van der Waals surface area contributed by atoms with Gasteiger partial charge in [-0.1, -0.05) is 0 Å². The number of aliphatic hydroxyl groups is 5. The summed E-state index contributed by atoms with van der Waals surface area (Å²) in [4.78, 5) is 35.2. The van der Waals surface area contributed by atoms with Gasteiger partial charge in [0, 0.05) is 6.42 Å². The van der Waals surface area contributed by atoms with Crippen LogP contribution < -0.4 is 5.73 Å². The van der Waals surface area contributed by atoms with Crippen LogP contribution in [0.5, 0.6) is 0 Å². The highest BCUT2D eigenvalue weighted by Gasteiger charge is 2.62. The number of aliphatic hydroxyl groups excluding tert-OH is 4. The van der Waals surface area contributed by atoms with E-state index < -0.39 is 65.8 Å². The van der Waals surface area contributed by atoms with Crippen molar-refractivity contribution >= 4 is 17.5 Å². The number of nitrogens with two attached hydrogens (primary N) is 1. The highest BCUT2D eigenvalue weighted by molar-refractivity contribution is 5.99. The molecule has 0 aromatic rings. The molecule has 0 aliphatic carbocycles. The van der Waals surface area contributed by atoms with Crippen LogP contribution in [0.3, 0.4) is 0 Å². The fourth-order valence-corrected chi connectivity index (χ4v) is 2.38. The maximum atomic E-state index is 12.3. The van der Waals surface area contributed by atoms with E-state index in [9.17, 15) is 39.9 Å². The number of ether oxygens (including phenoxy) is 1. The second kappa shape index (κ2) is 6.80. The number of carboxylic acid groups (broad SMARTS) is 1. The summed E-state index contributed by atoms with van der Waals surface area (Å²) >= 11 is 0. The lowest BCUT2D eigenvalue weighted by Gasteiger charge is -2.47. The van der Waals surface area contributed by atoms with E-state index in [-0.39, 0.29) is 0 Å². The molecule has 1 saturated heterocycles. The van der Waals surface area contributed by atoms with Gasteiger partial charge < -0.3 is 41.1 Å². The quantitative estimate of drug-likeness (QED) is 0.244. The number of aliphatic carboxylic acids is 1. The molecule has 1 fully saturated rings. The molecule has 2 unspecified atom stereocenters. The smallest absolute Gasteiger partial charge is 0.364 e. The Morgan fingerprint density at radius 1 is 1.25 bits per heavy atom. The molecule has 138 valence electrons. The lowest BCUT2D eigenvalue weighted by molar-refractivity contribution is -0.281. The molecule has 0 saturated carbocycles. The Labute approximate surface area is 136 Å². The maximum Gasteiger partial charge on any atom is 0.364 e. The predicted molar refractivity (Wildman–Crippen MR) is 74.4 cm³/mol. The van der Waals surface area contributed by atoms with Crippen LogP contribution in [-0.4, -0.2) is 90.0 Å². The van der Waals surface area contributed by atoms with Gasteiger partial charge in [0.1, 0.15) is 17.7 Å². The van der Waals surface area contributed by atoms with E-state index in [2.05, 4.69) is 0 Å². The van der Waals surface area contributed by atoms with Crippen LogP contribution in [0.2, 0.25) is 0 Å². The summed E-state index contributed by atoms with van der Waals surface area (Å²) in [5.41, 5.74) is 3.26. The van der Waals surface area contributed by atoms with Crippen LogP contribution in [0.25, 0.3) is 0 Å². The Morgan fingerprint density at radius 2 is 1.75 bits per heavy atom. The van der Waals surface area contributed by atoms with Gasteiger partial charge in [-0.2, -0.15) is 0 Å². The van der Waals surface area contributed by atoms with Crippen LogP contribution in [0.1, 0.15) is 20.3 Å². The SMILES string of the molecule is CC(=O)[C@@]1(N)[C@@H](O)C[C@@](O)(C(=O)O)O[C@H]1C(=O)[C@H](O)C(O)C(C)O. The van der Waals surface area contributed by atoms with Crippen molar-refractivity contribution in [2.75, 3.05) is 0 Å². The van der Waals surface area contributed by atoms with Crippen molar-refractivity contribution in [2.24, 2.45) is 5.73 Å². The molecule has 0 aromatic heterocycles. The summed E-state index contributed by atoms with van der Waals surface area (Å²) in [5, 5.41) is 57.5. The van der Waals surface area contributed by atoms with Crippen LogP contribution in [-0.2, 0) is 19.1 Å². The van der Waals surface area contributed by atoms with E-state index in [1.165, 1.54) is 0 Å². The summed E-state index contributed by atoms with van der Waals surface area (Å²) in [5.74, 6) is -7.43. The lowest BCUT2D eigenvalue weighted by atomic mass is 9.75. The molecule has 8 N–H and O–H groups in total. The number of ketones is 2. The van der Waals surface area contributed by atoms with Crippen LogP contribution in [0.4, 0.5) is 0 Å². The summed E-state index contributed by atoms with van der Waals surface area (Å²) in [7, 11) is 0. The number of carbonyl (C=O) groups is 3. The monoisotopic (exact) mass is 351 g/mol. The molecule has 1 aliphatic heterocycles. The van der Waals surface area contributed by atoms with Gasteiger partial charge in [0.05, 0.1) is 12.2 Å². The Morgan fingerprint density at radius 3 is 2.12 bits per heavy atom. The van der Waals surface area contributed by atoms with E-state index in [4.69, 9.17) is 15.6 Å². The second-order valence-electron chi connectivity index (χ2n) is 5.87. The molecule has 1 heterocycles. The minimum absolute atomic E-state index is 0.898. The molecule has 1 aliphatic rings. The van der Waals surface area contributed by atoms with Gasteiger partial charge >= 0.3 is 5.97 Å². The van der Waals surface area contributed by atoms with E-state index >= 15 is 0 Å². The zero-order chi connectivity index (χ0) is 19.0. The molecular formula is C13H21NO10. The molecule has 7 atom stereocenters. The normalized spacial score (nSPS) is 37.3. The van der Waals surface area contributed by atoms with Gasteiger partial charge in [-0.15, -0.1) is 0 Å². The average Bonchev–Trinajstić information content (AvgIpc) is 2.48. The lowest BCUT2D eigenvalue weighted by Crippen LogP contribution is -2.75. The minimum atomic E-state index is -3.03. The Bertz CT molecular complexity index is 537. The van der Waals surface area contributed by atoms with E-state index in [0.29, 0.717) is 0 Å². The summed E-state index contributed by atoms with van der Waals surface area (Å²) in [6.07, 6.45) is -11.1. The van der Waals surface area contributed by atoms with Gasteiger partial charge in [0.25, 0.3) is 5.79 Å². The van der Waals surface area contributed by atoms with Crippen molar-refractivity contribution in [2.45, 2.75) is 62.1 Å². The van der Waals surface area contributed by atoms with E-state index in [1.54, 1.807) is 0 Å². The maximum absolute atomic E-state index is 12.3. The topological polar surface area (TPSA) is 208 Å². The van der Waals surface area contributed by atoms with Crippen molar-refractivity contribution < 1.29 is 49.8 Å². The molecule has 24 heavy (non-hydrogen) atoms. The number of carboxylic acids is 1. The van der Waals surface area contributed by atoms with Gasteiger partial charge in [-0.3, -0.25) is 9.59 Å². The van der Waals surface area contributed by atoms with Crippen molar-refractivity contribution in [3.63, 3.8) is 0 Å². The van der Waals surface area contributed by atoms with Crippen molar-refractivity contribution in [1.29, 1.82) is 0 Å². The Kier molecular flexibility index (Phi) is 5.83. The molecule has 0 amide bonds. The fraction of sp³-hybridized carbons (Fsp3) is 0.769. The van der Waals surface area contributed by atoms with Crippen LogP contribution in [0, 0.1) is 0 Å². The van der Waals surface area contributed by atoms with Crippen LogP contribution >= 0.6 is 0 Å². The summed E-state index contributed by atoms with van der Waals surface area (Å²) in [6, 6.07) is 0. The number of hydrogen-bond donors (Lipinski definition) is 7. The first-order valence-corrected chi connectivity index (χ1v) is 6.98.